The predicted octanol–water partition coefficient (Wildman–Crippen LogP) is 6.67. The van der Waals surface area contributed by atoms with Crippen molar-refractivity contribution in [3.05, 3.63) is 53.3 Å². The number of carboxylic acids is 1. The number of hydrogen-bond acceptors (Lipinski definition) is 2. The fourth-order valence-corrected chi connectivity index (χ4v) is 4.42. The van der Waals surface area contributed by atoms with Gasteiger partial charge >= 0.3 is 5.97 Å². The van der Waals surface area contributed by atoms with Crippen LogP contribution >= 0.6 is 0 Å². The number of carboxylic acid groups (broad SMARTS) is 1. The molecule has 4 heteroatoms. The van der Waals surface area contributed by atoms with Gasteiger partial charge in [0.15, 0.2) is 0 Å². The fourth-order valence-electron chi connectivity index (χ4n) is 4.42. The van der Waals surface area contributed by atoms with E-state index < -0.39 is 5.97 Å². The molecule has 3 aromatic rings. The van der Waals surface area contributed by atoms with Crippen LogP contribution in [0.4, 0.5) is 0 Å². The van der Waals surface area contributed by atoms with Crippen molar-refractivity contribution in [2.24, 2.45) is 0 Å². The zero-order chi connectivity index (χ0) is 21.0. The maximum atomic E-state index is 12.0. The Morgan fingerprint density at radius 3 is 2.21 bits per heavy atom. The highest BCUT2D eigenvalue weighted by Gasteiger charge is 2.21. The molecule has 0 saturated heterocycles. The quantitative estimate of drug-likeness (QED) is 0.442. The van der Waals surface area contributed by atoms with Crippen LogP contribution in [0.1, 0.15) is 80.9 Å². The maximum Gasteiger partial charge on any atom is 0.337 e. The van der Waals surface area contributed by atoms with Crippen molar-refractivity contribution < 1.29 is 9.90 Å². The van der Waals surface area contributed by atoms with E-state index in [1.54, 1.807) is 0 Å². The van der Waals surface area contributed by atoms with Crippen LogP contribution < -0.4 is 0 Å². The van der Waals surface area contributed by atoms with Crippen molar-refractivity contribution in [2.45, 2.75) is 72.3 Å². The summed E-state index contributed by atoms with van der Waals surface area (Å²) in [6.07, 6.45) is 9.76. The van der Waals surface area contributed by atoms with Crippen molar-refractivity contribution in [1.82, 2.24) is 9.55 Å². The normalized spacial score (nSPS) is 11.5. The van der Waals surface area contributed by atoms with E-state index in [1.165, 1.54) is 11.1 Å². The van der Waals surface area contributed by atoms with E-state index >= 15 is 0 Å². The van der Waals surface area contributed by atoms with E-state index in [2.05, 4.69) is 50.5 Å². The molecule has 0 fully saturated rings. The largest absolute Gasteiger partial charge is 0.478 e. The van der Waals surface area contributed by atoms with Crippen LogP contribution in [-0.4, -0.2) is 20.6 Å². The van der Waals surface area contributed by atoms with Gasteiger partial charge in [-0.05, 0) is 42.9 Å². The Hall–Kier alpha value is -2.62. The molecule has 0 unspecified atom stereocenters. The van der Waals surface area contributed by atoms with Gasteiger partial charge in [-0.2, -0.15) is 0 Å². The number of aromatic nitrogens is 2. The number of rotatable bonds is 9. The first-order chi connectivity index (χ1) is 14.0. The molecule has 0 amide bonds. The summed E-state index contributed by atoms with van der Waals surface area (Å²) in [7, 11) is 0. The Bertz CT molecular complexity index is 975. The topological polar surface area (TPSA) is 55.1 Å². The highest BCUT2D eigenvalue weighted by molar-refractivity contribution is 6.04. The van der Waals surface area contributed by atoms with Crippen LogP contribution in [-0.2, 0) is 12.8 Å². The van der Waals surface area contributed by atoms with Crippen molar-refractivity contribution in [1.29, 1.82) is 0 Å². The minimum Gasteiger partial charge on any atom is -0.478 e. The lowest BCUT2D eigenvalue weighted by atomic mass is 9.94. The second kappa shape index (κ2) is 9.25. The number of fused-ring (bicyclic) bond motifs is 1. The van der Waals surface area contributed by atoms with E-state index in [4.69, 9.17) is 4.98 Å². The molecule has 2 heterocycles. The van der Waals surface area contributed by atoms with E-state index in [0.717, 1.165) is 60.7 Å². The van der Waals surface area contributed by atoms with Crippen molar-refractivity contribution in [3.8, 4) is 11.3 Å². The standard InChI is InChI=1S/C25H32N2O2/c1-5-10-19(11-6-2)27-16-21(25(28)29)20-14-22(26-15-23(20)27)24-17(7-3)12-9-13-18(24)8-4/h9,12-16,19H,5-8,10-11H2,1-4H3,(H,28,29). The van der Waals surface area contributed by atoms with E-state index in [1.807, 2.05) is 18.5 Å². The third kappa shape index (κ3) is 4.07. The molecule has 0 radical (unpaired) electrons. The predicted molar refractivity (Wildman–Crippen MR) is 120 cm³/mol. The summed E-state index contributed by atoms with van der Waals surface area (Å²) in [4.78, 5) is 16.8. The van der Waals surface area contributed by atoms with Gasteiger partial charge < -0.3 is 9.67 Å². The van der Waals surface area contributed by atoms with Gasteiger partial charge in [-0.1, -0.05) is 58.7 Å². The van der Waals surface area contributed by atoms with Crippen LogP contribution in [0.25, 0.3) is 22.2 Å². The maximum absolute atomic E-state index is 12.0. The number of aryl methyl sites for hydroxylation is 2. The molecule has 154 valence electrons. The molecule has 0 bridgehead atoms. The summed E-state index contributed by atoms with van der Waals surface area (Å²) in [5.74, 6) is -0.878. The van der Waals surface area contributed by atoms with Gasteiger partial charge in [-0.3, -0.25) is 4.98 Å². The molecular weight excluding hydrogens is 360 g/mol. The van der Waals surface area contributed by atoms with Gasteiger partial charge in [0.05, 0.1) is 23.0 Å². The third-order valence-corrected chi connectivity index (χ3v) is 5.84. The average molecular weight is 393 g/mol. The van der Waals surface area contributed by atoms with Crippen LogP contribution in [0, 0.1) is 0 Å². The number of nitrogens with zero attached hydrogens (tertiary/aromatic N) is 2. The minimum atomic E-state index is -0.878. The van der Waals surface area contributed by atoms with E-state index in [-0.39, 0.29) is 0 Å². The first-order valence-corrected chi connectivity index (χ1v) is 10.9. The Morgan fingerprint density at radius 2 is 1.69 bits per heavy atom. The molecule has 0 atom stereocenters. The molecule has 1 aromatic carbocycles. The second-order valence-corrected chi connectivity index (χ2v) is 7.73. The molecule has 3 rings (SSSR count). The Kier molecular flexibility index (Phi) is 6.73. The Morgan fingerprint density at radius 1 is 1.07 bits per heavy atom. The summed E-state index contributed by atoms with van der Waals surface area (Å²) < 4.78 is 2.15. The summed E-state index contributed by atoms with van der Waals surface area (Å²) in [5.41, 5.74) is 5.82. The van der Waals surface area contributed by atoms with Crippen molar-refractivity contribution in [3.63, 3.8) is 0 Å². The van der Waals surface area contributed by atoms with E-state index in [9.17, 15) is 9.90 Å². The molecule has 0 aliphatic heterocycles. The van der Waals surface area contributed by atoms with Gasteiger partial charge in [0.25, 0.3) is 0 Å². The Labute approximate surface area is 173 Å². The van der Waals surface area contributed by atoms with Gasteiger partial charge in [0, 0.05) is 23.2 Å². The summed E-state index contributed by atoms with van der Waals surface area (Å²) in [6.45, 7) is 8.65. The zero-order valence-electron chi connectivity index (χ0n) is 18.0. The van der Waals surface area contributed by atoms with Crippen molar-refractivity contribution in [2.75, 3.05) is 0 Å². The summed E-state index contributed by atoms with van der Waals surface area (Å²) >= 11 is 0. The molecule has 0 aliphatic carbocycles. The van der Waals surface area contributed by atoms with Crippen molar-refractivity contribution >= 4 is 16.9 Å². The molecule has 2 aromatic heterocycles. The number of aromatic carboxylic acids is 1. The molecule has 0 saturated carbocycles. The first-order valence-electron chi connectivity index (χ1n) is 10.9. The van der Waals surface area contributed by atoms with Crippen LogP contribution in [0.5, 0.6) is 0 Å². The molecule has 1 N–H and O–H groups in total. The smallest absolute Gasteiger partial charge is 0.337 e. The molecule has 4 nitrogen and oxygen atoms in total. The highest BCUT2D eigenvalue weighted by atomic mass is 16.4. The number of carbonyl (C=O) groups is 1. The van der Waals surface area contributed by atoms with Gasteiger partial charge in [-0.15, -0.1) is 0 Å². The molecule has 0 aliphatic rings. The third-order valence-electron chi connectivity index (χ3n) is 5.84. The van der Waals surface area contributed by atoms with Gasteiger partial charge in [0.2, 0.25) is 0 Å². The number of hydrogen-bond donors (Lipinski definition) is 1. The zero-order valence-corrected chi connectivity index (χ0v) is 18.0. The van der Waals surface area contributed by atoms with Gasteiger partial charge in [0.1, 0.15) is 0 Å². The van der Waals surface area contributed by atoms with Crippen LogP contribution in [0.15, 0.2) is 36.7 Å². The van der Waals surface area contributed by atoms with Crippen LogP contribution in [0.3, 0.4) is 0 Å². The lowest BCUT2D eigenvalue weighted by Crippen LogP contribution is -2.08. The lowest BCUT2D eigenvalue weighted by molar-refractivity contribution is 0.0698. The highest BCUT2D eigenvalue weighted by Crippen LogP contribution is 2.34. The minimum absolute atomic E-state index is 0.308. The summed E-state index contributed by atoms with van der Waals surface area (Å²) in [5, 5.41) is 10.7. The Balaban J connectivity index is 2.23. The summed E-state index contributed by atoms with van der Waals surface area (Å²) in [6, 6.07) is 8.67. The molecular formula is C25H32N2O2. The van der Waals surface area contributed by atoms with Gasteiger partial charge in [-0.25, -0.2) is 4.79 Å². The van der Waals surface area contributed by atoms with E-state index in [0.29, 0.717) is 11.6 Å². The average Bonchev–Trinajstić information content (AvgIpc) is 3.11. The number of pyridine rings is 1. The SMILES string of the molecule is CCCC(CCC)n1cc(C(=O)O)c2cc(-c3c(CC)cccc3CC)ncc21. The number of benzene rings is 1. The molecule has 29 heavy (non-hydrogen) atoms. The fraction of sp³-hybridized carbons (Fsp3) is 0.440. The lowest BCUT2D eigenvalue weighted by Gasteiger charge is -2.19. The van der Waals surface area contributed by atoms with Crippen LogP contribution in [0.2, 0.25) is 0 Å². The first kappa shape index (κ1) is 21.1. The monoisotopic (exact) mass is 392 g/mol. The second-order valence-electron chi connectivity index (χ2n) is 7.73. The molecule has 0 spiro atoms.